The van der Waals surface area contributed by atoms with E-state index in [1.54, 1.807) is 11.4 Å². The van der Waals surface area contributed by atoms with Gasteiger partial charge in [0.15, 0.2) is 0 Å². The molecule has 0 aromatic carbocycles. The molecule has 3 nitrogen and oxygen atoms in total. The first-order valence-electron chi connectivity index (χ1n) is 4.22. The number of anilines is 1. The average molecular weight is 208 g/mol. The van der Waals surface area contributed by atoms with Gasteiger partial charge in [-0.25, -0.2) is 0 Å². The summed E-state index contributed by atoms with van der Waals surface area (Å²) in [6.07, 6.45) is 5.66. The number of rotatable bonds is 3. The van der Waals surface area contributed by atoms with Gasteiger partial charge in [-0.2, -0.15) is 0 Å². The number of nitrogens with one attached hydrogen (secondary N) is 1. The van der Waals surface area contributed by atoms with Gasteiger partial charge in [0.2, 0.25) is 0 Å². The number of carbonyl (C=O) groups excluding carboxylic acids is 1. The third-order valence-electron chi connectivity index (χ3n) is 1.65. The van der Waals surface area contributed by atoms with E-state index in [1.807, 2.05) is 6.92 Å². The van der Waals surface area contributed by atoms with Gasteiger partial charge in [-0.1, -0.05) is 0 Å². The lowest BCUT2D eigenvalue weighted by Gasteiger charge is -2.08. The van der Waals surface area contributed by atoms with E-state index in [0.29, 0.717) is 17.0 Å². The topological polar surface area (TPSA) is 55.1 Å². The predicted molar refractivity (Wildman–Crippen MR) is 59.1 cm³/mol. The number of terminal acetylenes is 1. The van der Waals surface area contributed by atoms with Crippen molar-refractivity contribution in [1.82, 2.24) is 5.32 Å². The minimum absolute atomic E-state index is 0.00387. The average Bonchev–Trinajstić information content (AvgIpc) is 2.52. The summed E-state index contributed by atoms with van der Waals surface area (Å²) in [6.45, 7) is 1.87. The molecule has 1 aromatic heterocycles. The molecule has 1 amide bonds. The Morgan fingerprint density at radius 2 is 2.57 bits per heavy atom. The van der Waals surface area contributed by atoms with Crippen LogP contribution in [0.3, 0.4) is 0 Å². The van der Waals surface area contributed by atoms with Crippen LogP contribution in [0, 0.1) is 12.3 Å². The van der Waals surface area contributed by atoms with Gasteiger partial charge >= 0.3 is 0 Å². The lowest BCUT2D eigenvalue weighted by atomic mass is 10.2. The van der Waals surface area contributed by atoms with Crippen LogP contribution in [-0.4, -0.2) is 11.9 Å². The van der Waals surface area contributed by atoms with Crippen molar-refractivity contribution in [3.63, 3.8) is 0 Å². The summed E-state index contributed by atoms with van der Waals surface area (Å²) in [5.41, 5.74) is 6.12. The number of carbonyl (C=O) groups is 1. The van der Waals surface area contributed by atoms with Crippen molar-refractivity contribution in [1.29, 1.82) is 0 Å². The maximum atomic E-state index is 11.5. The summed E-state index contributed by atoms with van der Waals surface area (Å²) in [5.74, 6) is 2.38. The molecule has 0 aliphatic heterocycles. The normalized spacial score (nSPS) is 11.7. The standard InChI is InChI=1S/C10H12N2OS/c1-3-4-7(2)12-10(13)9-5-8(11)6-14-9/h1,5-7H,4,11H2,2H3,(H,12,13). The molecule has 1 atom stereocenters. The van der Waals surface area contributed by atoms with Gasteiger partial charge in [0.05, 0.1) is 4.88 Å². The van der Waals surface area contributed by atoms with Crippen molar-refractivity contribution >= 4 is 22.9 Å². The minimum atomic E-state index is -0.116. The fraction of sp³-hybridized carbons (Fsp3) is 0.300. The second-order valence-electron chi connectivity index (χ2n) is 3.03. The lowest BCUT2D eigenvalue weighted by Crippen LogP contribution is -2.31. The van der Waals surface area contributed by atoms with Crippen LogP contribution in [0.15, 0.2) is 11.4 Å². The Labute approximate surface area is 87.3 Å². The molecule has 0 saturated carbocycles. The Morgan fingerprint density at radius 1 is 1.86 bits per heavy atom. The monoisotopic (exact) mass is 208 g/mol. The number of nitrogen functional groups attached to an aromatic ring is 1. The molecule has 0 fully saturated rings. The lowest BCUT2D eigenvalue weighted by molar-refractivity contribution is 0.0945. The molecule has 1 heterocycles. The second kappa shape index (κ2) is 4.68. The van der Waals surface area contributed by atoms with Crippen molar-refractivity contribution in [2.24, 2.45) is 0 Å². The zero-order valence-electron chi connectivity index (χ0n) is 7.91. The smallest absolute Gasteiger partial charge is 0.261 e. The Balaban J connectivity index is 2.55. The summed E-state index contributed by atoms with van der Waals surface area (Å²) in [7, 11) is 0. The van der Waals surface area contributed by atoms with Crippen LogP contribution in [0.1, 0.15) is 23.0 Å². The maximum Gasteiger partial charge on any atom is 0.261 e. The van der Waals surface area contributed by atoms with E-state index in [-0.39, 0.29) is 11.9 Å². The van der Waals surface area contributed by atoms with Crippen LogP contribution >= 0.6 is 11.3 Å². The van der Waals surface area contributed by atoms with Gasteiger partial charge in [-0.3, -0.25) is 4.79 Å². The SMILES string of the molecule is C#CCC(C)NC(=O)c1cc(N)cs1. The van der Waals surface area contributed by atoms with E-state index < -0.39 is 0 Å². The summed E-state index contributed by atoms with van der Waals surface area (Å²) in [5, 5.41) is 4.52. The Morgan fingerprint density at radius 3 is 3.07 bits per heavy atom. The number of nitrogens with two attached hydrogens (primary N) is 1. The summed E-state index contributed by atoms with van der Waals surface area (Å²) in [4.78, 5) is 12.1. The first-order valence-corrected chi connectivity index (χ1v) is 5.09. The van der Waals surface area contributed by atoms with Gasteiger partial charge < -0.3 is 11.1 Å². The first kappa shape index (κ1) is 10.6. The minimum Gasteiger partial charge on any atom is -0.398 e. The van der Waals surface area contributed by atoms with Gasteiger partial charge in [-0.05, 0) is 13.0 Å². The summed E-state index contributed by atoms with van der Waals surface area (Å²) >= 11 is 1.33. The number of hydrogen-bond acceptors (Lipinski definition) is 3. The highest BCUT2D eigenvalue weighted by molar-refractivity contribution is 7.12. The van der Waals surface area contributed by atoms with Crippen LogP contribution in [0.5, 0.6) is 0 Å². The van der Waals surface area contributed by atoms with Crippen molar-refractivity contribution in [2.45, 2.75) is 19.4 Å². The molecule has 4 heteroatoms. The van der Waals surface area contributed by atoms with Gasteiger partial charge in [0.1, 0.15) is 0 Å². The van der Waals surface area contributed by atoms with E-state index in [2.05, 4.69) is 11.2 Å². The molecule has 1 unspecified atom stereocenters. The fourth-order valence-corrected chi connectivity index (χ4v) is 1.69. The molecule has 1 aromatic rings. The van der Waals surface area contributed by atoms with Crippen molar-refractivity contribution in [2.75, 3.05) is 5.73 Å². The number of hydrogen-bond donors (Lipinski definition) is 2. The highest BCUT2D eigenvalue weighted by Gasteiger charge is 2.10. The highest BCUT2D eigenvalue weighted by atomic mass is 32.1. The molecule has 0 spiro atoms. The summed E-state index contributed by atoms with van der Waals surface area (Å²) in [6, 6.07) is 1.65. The van der Waals surface area contributed by atoms with E-state index in [9.17, 15) is 4.79 Å². The van der Waals surface area contributed by atoms with Crippen molar-refractivity contribution in [3.8, 4) is 12.3 Å². The Bertz CT molecular complexity index is 364. The van der Waals surface area contributed by atoms with E-state index in [4.69, 9.17) is 12.2 Å². The molecule has 3 N–H and O–H groups in total. The van der Waals surface area contributed by atoms with Gasteiger partial charge in [0, 0.05) is 23.5 Å². The van der Waals surface area contributed by atoms with Gasteiger partial charge in [-0.15, -0.1) is 23.7 Å². The van der Waals surface area contributed by atoms with Crippen molar-refractivity contribution < 1.29 is 4.79 Å². The van der Waals surface area contributed by atoms with Crippen molar-refractivity contribution in [3.05, 3.63) is 16.3 Å². The third kappa shape index (κ3) is 2.79. The second-order valence-corrected chi connectivity index (χ2v) is 3.94. The molecule has 1 rings (SSSR count). The number of thiophene rings is 1. The first-order chi connectivity index (χ1) is 6.63. The van der Waals surface area contributed by atoms with E-state index >= 15 is 0 Å². The van der Waals surface area contributed by atoms with Crippen LogP contribution in [-0.2, 0) is 0 Å². The highest BCUT2D eigenvalue weighted by Crippen LogP contribution is 2.15. The third-order valence-corrected chi connectivity index (χ3v) is 2.59. The molecule has 0 radical (unpaired) electrons. The quantitative estimate of drug-likeness (QED) is 0.739. The van der Waals surface area contributed by atoms with Crippen LogP contribution in [0.4, 0.5) is 5.69 Å². The van der Waals surface area contributed by atoms with Gasteiger partial charge in [0.25, 0.3) is 5.91 Å². The van der Waals surface area contributed by atoms with Crippen LogP contribution in [0.2, 0.25) is 0 Å². The molecule has 0 aliphatic rings. The van der Waals surface area contributed by atoms with Crippen LogP contribution in [0.25, 0.3) is 0 Å². The zero-order valence-corrected chi connectivity index (χ0v) is 8.73. The Hall–Kier alpha value is -1.47. The molecule has 74 valence electrons. The van der Waals surface area contributed by atoms with E-state index in [1.165, 1.54) is 11.3 Å². The molecule has 0 aliphatic carbocycles. The molecular weight excluding hydrogens is 196 g/mol. The molecule has 14 heavy (non-hydrogen) atoms. The molecular formula is C10H12N2OS. The molecule has 0 saturated heterocycles. The van der Waals surface area contributed by atoms with E-state index in [0.717, 1.165) is 0 Å². The number of amides is 1. The Kier molecular flexibility index (Phi) is 3.55. The van der Waals surface area contributed by atoms with Crippen LogP contribution < -0.4 is 11.1 Å². The molecule has 0 bridgehead atoms. The predicted octanol–water partition coefficient (Wildman–Crippen LogP) is 1.47. The zero-order chi connectivity index (χ0) is 10.6. The fourth-order valence-electron chi connectivity index (χ4n) is 0.993. The largest absolute Gasteiger partial charge is 0.398 e. The summed E-state index contributed by atoms with van der Waals surface area (Å²) < 4.78 is 0. The maximum absolute atomic E-state index is 11.5.